The number of allylic oxidation sites excluding steroid dienone is 1. The molecule has 0 bridgehead atoms. The van der Waals surface area contributed by atoms with Crippen LogP contribution in [0.5, 0.6) is 0 Å². The molecule has 3 nitrogen and oxygen atoms in total. The number of hydrogen-bond acceptors (Lipinski definition) is 3. The van der Waals surface area contributed by atoms with Crippen molar-refractivity contribution in [2.24, 2.45) is 0 Å². The molecule has 0 atom stereocenters. The predicted octanol–water partition coefficient (Wildman–Crippen LogP) is 1.94. The van der Waals surface area contributed by atoms with Gasteiger partial charge in [-0.25, -0.2) is 4.79 Å². The number of ether oxygens (including phenoxy) is 1. The van der Waals surface area contributed by atoms with E-state index in [0.29, 0.717) is 6.61 Å². The minimum atomic E-state index is -0.212. The molecule has 0 unspecified atom stereocenters. The zero-order chi connectivity index (χ0) is 10.4. The van der Waals surface area contributed by atoms with Crippen LogP contribution in [0.4, 0.5) is 0 Å². The van der Waals surface area contributed by atoms with Crippen LogP contribution in [0.3, 0.4) is 0 Å². The molecule has 0 spiro atoms. The molecule has 1 heterocycles. The van der Waals surface area contributed by atoms with Crippen LogP contribution >= 0.6 is 0 Å². The SMILES string of the molecule is CCOC(=O)/C=C1/CCCCCN1C. The topological polar surface area (TPSA) is 29.5 Å². The quantitative estimate of drug-likeness (QED) is 0.500. The van der Waals surface area contributed by atoms with Crippen molar-refractivity contribution >= 4 is 5.97 Å². The van der Waals surface area contributed by atoms with Gasteiger partial charge in [0.15, 0.2) is 0 Å². The maximum Gasteiger partial charge on any atom is 0.332 e. The van der Waals surface area contributed by atoms with Crippen LogP contribution in [0, 0.1) is 0 Å². The van der Waals surface area contributed by atoms with Gasteiger partial charge in [-0.2, -0.15) is 0 Å². The van der Waals surface area contributed by atoms with Crippen molar-refractivity contribution in [3.8, 4) is 0 Å². The first-order chi connectivity index (χ1) is 6.74. The molecule has 3 heteroatoms. The Hall–Kier alpha value is -0.990. The molecule has 0 aromatic heterocycles. The van der Waals surface area contributed by atoms with E-state index in [4.69, 9.17) is 4.74 Å². The fraction of sp³-hybridized carbons (Fsp3) is 0.727. The van der Waals surface area contributed by atoms with Gasteiger partial charge in [0.05, 0.1) is 6.61 Å². The van der Waals surface area contributed by atoms with Crippen molar-refractivity contribution in [3.63, 3.8) is 0 Å². The van der Waals surface area contributed by atoms with Gasteiger partial charge >= 0.3 is 5.97 Å². The lowest BCUT2D eigenvalue weighted by Crippen LogP contribution is -2.18. The molecule has 0 aliphatic carbocycles. The lowest BCUT2D eigenvalue weighted by atomic mass is 10.2. The van der Waals surface area contributed by atoms with Gasteiger partial charge in [-0.15, -0.1) is 0 Å². The van der Waals surface area contributed by atoms with Gasteiger partial charge in [-0.1, -0.05) is 6.42 Å². The number of rotatable bonds is 2. The summed E-state index contributed by atoms with van der Waals surface area (Å²) >= 11 is 0. The highest BCUT2D eigenvalue weighted by Crippen LogP contribution is 2.17. The Bertz CT molecular complexity index is 223. The van der Waals surface area contributed by atoms with Gasteiger partial charge in [0.2, 0.25) is 0 Å². The summed E-state index contributed by atoms with van der Waals surface area (Å²) in [4.78, 5) is 13.4. The van der Waals surface area contributed by atoms with Crippen LogP contribution < -0.4 is 0 Å². The summed E-state index contributed by atoms with van der Waals surface area (Å²) in [7, 11) is 2.04. The third kappa shape index (κ3) is 3.40. The zero-order valence-electron chi connectivity index (χ0n) is 9.08. The van der Waals surface area contributed by atoms with Gasteiger partial charge in [-0.3, -0.25) is 0 Å². The van der Waals surface area contributed by atoms with E-state index < -0.39 is 0 Å². The van der Waals surface area contributed by atoms with Crippen molar-refractivity contribution in [2.45, 2.75) is 32.6 Å². The lowest BCUT2D eigenvalue weighted by Gasteiger charge is -2.19. The molecule has 0 amide bonds. The highest BCUT2D eigenvalue weighted by molar-refractivity contribution is 5.82. The molecule has 1 aliphatic heterocycles. The smallest absolute Gasteiger partial charge is 0.332 e. The van der Waals surface area contributed by atoms with Crippen molar-refractivity contribution in [1.29, 1.82) is 0 Å². The molecular formula is C11H19NO2. The van der Waals surface area contributed by atoms with Crippen molar-refractivity contribution in [2.75, 3.05) is 20.2 Å². The largest absolute Gasteiger partial charge is 0.463 e. The normalized spacial score (nSPS) is 20.7. The highest BCUT2D eigenvalue weighted by Gasteiger charge is 2.11. The van der Waals surface area contributed by atoms with E-state index >= 15 is 0 Å². The van der Waals surface area contributed by atoms with E-state index in [1.165, 1.54) is 19.3 Å². The molecule has 0 saturated carbocycles. The Labute approximate surface area is 85.7 Å². The van der Waals surface area contributed by atoms with Crippen molar-refractivity contribution < 1.29 is 9.53 Å². The van der Waals surface area contributed by atoms with Crippen LogP contribution in [0.25, 0.3) is 0 Å². The van der Waals surface area contributed by atoms with Gasteiger partial charge in [0.25, 0.3) is 0 Å². The summed E-state index contributed by atoms with van der Waals surface area (Å²) in [6.07, 6.45) is 6.28. The van der Waals surface area contributed by atoms with Gasteiger partial charge in [-0.05, 0) is 26.2 Å². The third-order valence-electron chi connectivity index (χ3n) is 2.49. The fourth-order valence-corrected chi connectivity index (χ4v) is 1.67. The van der Waals surface area contributed by atoms with Crippen LogP contribution in [-0.2, 0) is 9.53 Å². The molecule has 1 saturated heterocycles. The van der Waals surface area contributed by atoms with E-state index in [1.54, 1.807) is 6.08 Å². The predicted molar refractivity (Wildman–Crippen MR) is 55.8 cm³/mol. The van der Waals surface area contributed by atoms with E-state index in [-0.39, 0.29) is 5.97 Å². The van der Waals surface area contributed by atoms with Crippen molar-refractivity contribution in [1.82, 2.24) is 4.90 Å². The number of hydrogen-bond donors (Lipinski definition) is 0. The Morgan fingerprint density at radius 3 is 3.00 bits per heavy atom. The fourth-order valence-electron chi connectivity index (χ4n) is 1.67. The van der Waals surface area contributed by atoms with Gasteiger partial charge in [0, 0.05) is 25.4 Å². The molecule has 80 valence electrons. The second-order valence-corrected chi connectivity index (χ2v) is 3.62. The molecule has 0 aromatic rings. The maximum absolute atomic E-state index is 11.2. The number of carbonyl (C=O) groups excluding carboxylic acids is 1. The Morgan fingerprint density at radius 2 is 2.29 bits per heavy atom. The molecule has 1 fully saturated rings. The molecular weight excluding hydrogens is 178 g/mol. The molecule has 0 aromatic carbocycles. The first-order valence-electron chi connectivity index (χ1n) is 5.32. The minimum Gasteiger partial charge on any atom is -0.463 e. The standard InChI is InChI=1S/C11H19NO2/c1-3-14-11(13)9-10-7-5-4-6-8-12(10)2/h9H,3-8H2,1-2H3/b10-9-. The maximum atomic E-state index is 11.2. The monoisotopic (exact) mass is 197 g/mol. The minimum absolute atomic E-state index is 0.212. The molecule has 0 N–H and O–H groups in total. The van der Waals surface area contributed by atoms with Crippen LogP contribution in [0.1, 0.15) is 32.6 Å². The zero-order valence-corrected chi connectivity index (χ0v) is 9.08. The van der Waals surface area contributed by atoms with Crippen LogP contribution in [-0.4, -0.2) is 31.1 Å². The lowest BCUT2D eigenvalue weighted by molar-refractivity contribution is -0.137. The summed E-state index contributed by atoms with van der Waals surface area (Å²) in [5.74, 6) is -0.212. The van der Waals surface area contributed by atoms with Gasteiger partial charge in [0.1, 0.15) is 0 Å². The van der Waals surface area contributed by atoms with Gasteiger partial charge < -0.3 is 9.64 Å². The molecule has 1 rings (SSSR count). The Kier molecular flexibility index (Phi) is 4.50. The van der Waals surface area contributed by atoms with E-state index in [1.807, 2.05) is 14.0 Å². The summed E-state index contributed by atoms with van der Waals surface area (Å²) in [6, 6.07) is 0. The number of esters is 1. The highest BCUT2D eigenvalue weighted by atomic mass is 16.5. The summed E-state index contributed by atoms with van der Waals surface area (Å²) in [5.41, 5.74) is 1.11. The van der Waals surface area contributed by atoms with Crippen LogP contribution in [0.2, 0.25) is 0 Å². The van der Waals surface area contributed by atoms with E-state index in [9.17, 15) is 4.79 Å². The number of likely N-dealkylation sites (tertiary alicyclic amines) is 1. The average Bonchev–Trinajstić information content (AvgIpc) is 2.33. The molecule has 1 aliphatic rings. The first-order valence-corrected chi connectivity index (χ1v) is 5.32. The molecule has 14 heavy (non-hydrogen) atoms. The Morgan fingerprint density at radius 1 is 1.50 bits per heavy atom. The molecule has 0 radical (unpaired) electrons. The second kappa shape index (κ2) is 5.68. The second-order valence-electron chi connectivity index (χ2n) is 3.62. The van der Waals surface area contributed by atoms with E-state index in [0.717, 1.165) is 18.7 Å². The third-order valence-corrected chi connectivity index (χ3v) is 2.49. The summed E-state index contributed by atoms with van der Waals surface area (Å²) in [5, 5.41) is 0. The van der Waals surface area contributed by atoms with Crippen LogP contribution in [0.15, 0.2) is 11.8 Å². The number of nitrogens with zero attached hydrogens (tertiary/aromatic N) is 1. The first kappa shape index (κ1) is 11.1. The average molecular weight is 197 g/mol. The Balaban J connectivity index is 2.57. The summed E-state index contributed by atoms with van der Waals surface area (Å²) in [6.45, 7) is 3.32. The summed E-state index contributed by atoms with van der Waals surface area (Å²) < 4.78 is 4.89. The number of carbonyl (C=O) groups is 1. The van der Waals surface area contributed by atoms with E-state index in [2.05, 4.69) is 4.90 Å². The van der Waals surface area contributed by atoms with Crippen molar-refractivity contribution in [3.05, 3.63) is 11.8 Å².